The van der Waals surface area contributed by atoms with Crippen LogP contribution in [-0.4, -0.2) is 28.1 Å². The number of rotatable bonds is 7. The Bertz CT molecular complexity index is 1150. The predicted molar refractivity (Wildman–Crippen MR) is 131 cm³/mol. The Labute approximate surface area is 203 Å². The number of aromatic nitrogens is 2. The molecule has 0 radical (unpaired) electrons. The van der Waals surface area contributed by atoms with Crippen molar-refractivity contribution in [3.63, 3.8) is 0 Å². The second kappa shape index (κ2) is 10.4. The molecule has 1 aliphatic carbocycles. The Kier molecular flexibility index (Phi) is 7.28. The Hall–Kier alpha value is -3.55. The molecule has 3 N–H and O–H groups in total. The molecule has 0 unspecified atom stereocenters. The fourth-order valence-electron chi connectivity index (χ4n) is 4.79. The van der Waals surface area contributed by atoms with Gasteiger partial charge >= 0.3 is 5.92 Å². The van der Waals surface area contributed by atoms with Crippen LogP contribution in [0.25, 0.3) is 11.1 Å². The Balaban J connectivity index is 1.51. The second-order valence-electron chi connectivity index (χ2n) is 9.17. The normalized spacial score (nSPS) is 15.4. The van der Waals surface area contributed by atoms with Crippen LogP contribution < -0.4 is 10.6 Å². The summed E-state index contributed by atoms with van der Waals surface area (Å²) in [6, 6.07) is 13.2. The van der Waals surface area contributed by atoms with Crippen molar-refractivity contribution in [2.75, 3.05) is 5.32 Å². The minimum Gasteiger partial charge on any atom is -0.338 e. The topological polar surface area (TPSA) is 86.9 Å². The number of carbonyl (C=O) groups is 2. The molecule has 0 aliphatic heterocycles. The van der Waals surface area contributed by atoms with Crippen molar-refractivity contribution in [2.45, 2.75) is 57.9 Å². The lowest BCUT2D eigenvalue weighted by Crippen LogP contribution is -2.52. The molecular weight excluding hydrogens is 450 g/mol. The van der Waals surface area contributed by atoms with Gasteiger partial charge in [-0.15, -0.1) is 0 Å². The van der Waals surface area contributed by atoms with Gasteiger partial charge in [0.15, 0.2) is 0 Å². The molecule has 1 heterocycles. The Morgan fingerprint density at radius 1 is 1.00 bits per heavy atom. The molecule has 0 spiro atoms. The number of nitrogens with zero attached hydrogens (tertiary/aromatic N) is 1. The van der Waals surface area contributed by atoms with Gasteiger partial charge in [-0.1, -0.05) is 61.7 Å². The van der Waals surface area contributed by atoms with E-state index in [1.54, 1.807) is 18.2 Å². The number of carbonyl (C=O) groups excluding carboxylic acids is 2. The monoisotopic (exact) mass is 480 g/mol. The first kappa shape index (κ1) is 24.6. The molecule has 3 aromatic rings. The number of aromatic amines is 1. The molecule has 0 bridgehead atoms. The van der Waals surface area contributed by atoms with Gasteiger partial charge in [-0.05, 0) is 50.3 Å². The molecule has 35 heavy (non-hydrogen) atoms. The number of halogens is 2. The van der Waals surface area contributed by atoms with Crippen LogP contribution in [0.4, 0.5) is 14.5 Å². The van der Waals surface area contributed by atoms with Gasteiger partial charge in [0.2, 0.25) is 5.91 Å². The molecule has 2 amide bonds. The second-order valence-corrected chi connectivity index (χ2v) is 9.17. The first-order valence-corrected chi connectivity index (χ1v) is 11.9. The summed E-state index contributed by atoms with van der Waals surface area (Å²) < 4.78 is 29.7. The number of benzene rings is 2. The van der Waals surface area contributed by atoms with Crippen LogP contribution in [-0.2, 0) is 15.5 Å². The SMILES string of the molecule is Cc1n[nH]c(C)c1-c1ccc(NC(=O)[C@@H](NC(=O)C(F)(F)c2ccccc2)C2CCCCC2)cc1. The molecule has 1 saturated carbocycles. The minimum atomic E-state index is -3.74. The van der Waals surface area contributed by atoms with E-state index in [9.17, 15) is 18.4 Å². The smallest absolute Gasteiger partial charge is 0.338 e. The maximum atomic E-state index is 14.9. The van der Waals surface area contributed by atoms with Crippen LogP contribution in [0.3, 0.4) is 0 Å². The third kappa shape index (κ3) is 5.42. The van der Waals surface area contributed by atoms with Crippen molar-refractivity contribution in [3.8, 4) is 11.1 Å². The summed E-state index contributed by atoms with van der Waals surface area (Å²) in [5.74, 6) is -5.89. The Morgan fingerprint density at radius 2 is 1.66 bits per heavy atom. The standard InChI is InChI=1S/C27H30F2N4O2/c1-17-23(18(2)33-32-17)19-13-15-22(16-14-19)30-25(34)24(20-9-5-3-6-10-20)31-26(35)27(28,29)21-11-7-4-8-12-21/h4,7-8,11-16,20,24H,3,5-6,9-10H2,1-2H3,(H,30,34)(H,31,35)(H,32,33)/t24-/m0/s1. The van der Waals surface area contributed by atoms with Gasteiger partial charge < -0.3 is 10.6 Å². The van der Waals surface area contributed by atoms with Gasteiger partial charge in [0, 0.05) is 22.5 Å². The molecule has 2 aromatic carbocycles. The third-order valence-corrected chi connectivity index (χ3v) is 6.68. The highest BCUT2D eigenvalue weighted by molar-refractivity contribution is 5.98. The van der Waals surface area contributed by atoms with Crippen molar-refractivity contribution in [2.24, 2.45) is 5.92 Å². The number of amides is 2. The maximum absolute atomic E-state index is 14.9. The first-order chi connectivity index (χ1) is 16.8. The number of aryl methyl sites for hydroxylation is 2. The van der Waals surface area contributed by atoms with Crippen LogP contribution >= 0.6 is 0 Å². The van der Waals surface area contributed by atoms with Crippen molar-refractivity contribution in [3.05, 3.63) is 71.5 Å². The lowest BCUT2D eigenvalue weighted by Gasteiger charge is -2.31. The van der Waals surface area contributed by atoms with E-state index in [4.69, 9.17) is 0 Å². The molecule has 1 aliphatic rings. The van der Waals surface area contributed by atoms with Crippen LogP contribution in [0.2, 0.25) is 0 Å². The van der Waals surface area contributed by atoms with Crippen LogP contribution in [0, 0.1) is 19.8 Å². The number of alkyl halides is 2. The van der Waals surface area contributed by atoms with Crippen LogP contribution in [0.15, 0.2) is 54.6 Å². The predicted octanol–water partition coefficient (Wildman–Crippen LogP) is 5.49. The molecule has 8 heteroatoms. The molecule has 6 nitrogen and oxygen atoms in total. The largest absolute Gasteiger partial charge is 0.349 e. The lowest BCUT2D eigenvalue weighted by atomic mass is 9.83. The van der Waals surface area contributed by atoms with Crippen molar-refractivity contribution in [1.82, 2.24) is 15.5 Å². The highest BCUT2D eigenvalue weighted by Gasteiger charge is 2.43. The van der Waals surface area contributed by atoms with Crippen molar-refractivity contribution in [1.29, 1.82) is 0 Å². The molecule has 1 fully saturated rings. The number of H-pyrrole nitrogens is 1. The minimum absolute atomic E-state index is 0.199. The van der Waals surface area contributed by atoms with E-state index >= 15 is 0 Å². The summed E-state index contributed by atoms with van der Waals surface area (Å²) in [5.41, 5.74) is 3.89. The summed E-state index contributed by atoms with van der Waals surface area (Å²) in [5, 5.41) is 12.4. The molecule has 184 valence electrons. The van der Waals surface area contributed by atoms with Gasteiger partial charge in [0.05, 0.1) is 5.69 Å². The van der Waals surface area contributed by atoms with Gasteiger partial charge in [0.25, 0.3) is 5.91 Å². The third-order valence-electron chi connectivity index (χ3n) is 6.68. The number of anilines is 1. The fourth-order valence-corrected chi connectivity index (χ4v) is 4.79. The highest BCUT2D eigenvalue weighted by atomic mass is 19.3. The zero-order valence-corrected chi connectivity index (χ0v) is 19.9. The summed E-state index contributed by atoms with van der Waals surface area (Å²) in [6.45, 7) is 3.85. The fraction of sp³-hybridized carbons (Fsp3) is 0.370. The molecule has 0 saturated heterocycles. The average Bonchev–Trinajstić information content (AvgIpc) is 3.21. The number of nitrogens with one attached hydrogen (secondary N) is 3. The summed E-state index contributed by atoms with van der Waals surface area (Å²) >= 11 is 0. The van der Waals surface area contributed by atoms with Crippen molar-refractivity contribution < 1.29 is 18.4 Å². The van der Waals surface area contributed by atoms with Crippen LogP contribution in [0.1, 0.15) is 49.1 Å². The molecular formula is C27H30F2N4O2. The zero-order chi connectivity index (χ0) is 25.0. The van der Waals surface area contributed by atoms with Crippen LogP contribution in [0.5, 0.6) is 0 Å². The van der Waals surface area contributed by atoms with E-state index in [2.05, 4.69) is 20.8 Å². The quantitative estimate of drug-likeness (QED) is 0.418. The van der Waals surface area contributed by atoms with E-state index in [0.717, 1.165) is 41.8 Å². The highest BCUT2D eigenvalue weighted by Crippen LogP contribution is 2.32. The van der Waals surface area contributed by atoms with Gasteiger partial charge in [-0.25, -0.2) is 0 Å². The first-order valence-electron chi connectivity index (χ1n) is 11.9. The van der Waals surface area contributed by atoms with E-state index in [0.29, 0.717) is 18.5 Å². The van der Waals surface area contributed by atoms with Gasteiger partial charge in [0.1, 0.15) is 6.04 Å². The summed E-state index contributed by atoms with van der Waals surface area (Å²) in [6.07, 6.45) is 4.24. The average molecular weight is 481 g/mol. The number of hydrogen-bond acceptors (Lipinski definition) is 3. The van der Waals surface area contributed by atoms with E-state index < -0.39 is 29.3 Å². The van der Waals surface area contributed by atoms with E-state index in [-0.39, 0.29) is 5.92 Å². The van der Waals surface area contributed by atoms with Crippen molar-refractivity contribution >= 4 is 17.5 Å². The number of hydrogen-bond donors (Lipinski definition) is 3. The Morgan fingerprint density at radius 3 is 2.26 bits per heavy atom. The summed E-state index contributed by atoms with van der Waals surface area (Å²) in [7, 11) is 0. The maximum Gasteiger partial charge on any atom is 0.349 e. The molecule has 4 rings (SSSR count). The summed E-state index contributed by atoms with van der Waals surface area (Å²) in [4.78, 5) is 25.9. The van der Waals surface area contributed by atoms with E-state index in [1.807, 2.05) is 26.0 Å². The molecule has 1 atom stereocenters. The molecule has 1 aromatic heterocycles. The zero-order valence-electron chi connectivity index (χ0n) is 19.9. The van der Waals surface area contributed by atoms with Gasteiger partial charge in [-0.3, -0.25) is 14.7 Å². The lowest BCUT2D eigenvalue weighted by molar-refractivity contribution is -0.149. The van der Waals surface area contributed by atoms with E-state index in [1.165, 1.54) is 24.3 Å². The van der Waals surface area contributed by atoms with Gasteiger partial charge in [-0.2, -0.15) is 13.9 Å².